The monoisotopic (exact) mass is 481 g/mol. The van der Waals surface area contributed by atoms with Crippen LogP contribution in [0.25, 0.3) is 6.08 Å². The van der Waals surface area contributed by atoms with Crippen LogP contribution in [0, 0.1) is 0 Å². The van der Waals surface area contributed by atoms with E-state index in [2.05, 4.69) is 10.6 Å². The van der Waals surface area contributed by atoms with E-state index in [0.29, 0.717) is 36.4 Å². The second kappa shape index (κ2) is 11.2. The number of anilines is 2. The van der Waals surface area contributed by atoms with Crippen molar-refractivity contribution in [1.82, 2.24) is 4.90 Å². The molecule has 0 radical (unpaired) electrons. The van der Waals surface area contributed by atoms with E-state index in [1.807, 2.05) is 0 Å². The van der Waals surface area contributed by atoms with Gasteiger partial charge in [-0.2, -0.15) is 0 Å². The predicted octanol–water partition coefficient (Wildman–Crippen LogP) is 3.88. The van der Waals surface area contributed by atoms with Crippen molar-refractivity contribution in [3.8, 4) is 0 Å². The number of nitrogens with one attached hydrogen (secondary N) is 2. The summed E-state index contributed by atoms with van der Waals surface area (Å²) >= 11 is 0. The number of para-hydroxylation sites is 2. The molecular weight excluding hydrogens is 450 g/mol. The third kappa shape index (κ3) is 7.66. The zero-order chi connectivity index (χ0) is 25.6. The molecule has 35 heavy (non-hydrogen) atoms. The number of aliphatic hydroxyl groups is 1. The lowest BCUT2D eigenvalue weighted by Gasteiger charge is -2.24. The van der Waals surface area contributed by atoms with Crippen LogP contribution >= 0.6 is 0 Å². The Morgan fingerprint density at radius 1 is 1.06 bits per heavy atom. The lowest BCUT2D eigenvalue weighted by atomic mass is 10.0. The standard InChI is InChI=1S/C26H31N3O6/c1-26(2,3)35-25(34)28-21-7-5-4-6-20(21)27-22(31)13-10-17-8-11-18(12-9-17)23(24(32)33)29-15-14-19(30)16-29/h4-13,19,23,30H,14-16H2,1-3H3,(H,27,31)(H,28,34)(H,32,33)/t19-,23?/m0/s1. The number of benzene rings is 2. The molecule has 9 nitrogen and oxygen atoms in total. The number of likely N-dealkylation sites (tertiary alicyclic amines) is 1. The van der Waals surface area contributed by atoms with Crippen molar-refractivity contribution in [3.63, 3.8) is 0 Å². The molecule has 1 aliphatic rings. The number of nitrogens with zero attached hydrogens (tertiary/aromatic N) is 1. The summed E-state index contributed by atoms with van der Waals surface area (Å²) in [6, 6.07) is 12.8. The summed E-state index contributed by atoms with van der Waals surface area (Å²) in [5.74, 6) is -1.37. The Kier molecular flexibility index (Phi) is 8.26. The van der Waals surface area contributed by atoms with Gasteiger partial charge in [-0.3, -0.25) is 19.8 Å². The van der Waals surface area contributed by atoms with Gasteiger partial charge >= 0.3 is 12.1 Å². The van der Waals surface area contributed by atoms with Crippen molar-refractivity contribution < 1.29 is 29.3 Å². The van der Waals surface area contributed by atoms with E-state index in [0.717, 1.165) is 5.56 Å². The lowest BCUT2D eigenvalue weighted by Crippen LogP contribution is -2.33. The third-order valence-electron chi connectivity index (χ3n) is 5.29. The maximum Gasteiger partial charge on any atom is 0.412 e. The summed E-state index contributed by atoms with van der Waals surface area (Å²) in [5.41, 5.74) is 1.49. The number of carbonyl (C=O) groups is 3. The van der Waals surface area contributed by atoms with Gasteiger partial charge in [0.15, 0.2) is 0 Å². The maximum absolute atomic E-state index is 12.5. The topological polar surface area (TPSA) is 128 Å². The zero-order valence-corrected chi connectivity index (χ0v) is 20.0. The molecule has 2 amide bonds. The van der Waals surface area contributed by atoms with Crippen molar-refractivity contribution in [3.05, 3.63) is 65.7 Å². The molecule has 1 saturated heterocycles. The Balaban J connectivity index is 1.63. The van der Waals surface area contributed by atoms with Gasteiger partial charge in [0.05, 0.1) is 17.5 Å². The number of carboxylic acids is 1. The molecule has 2 aromatic rings. The number of hydrogen-bond donors (Lipinski definition) is 4. The minimum absolute atomic E-state index is 0.322. The highest BCUT2D eigenvalue weighted by Gasteiger charge is 2.32. The maximum atomic E-state index is 12.5. The summed E-state index contributed by atoms with van der Waals surface area (Å²) in [6.07, 6.45) is 2.37. The molecule has 1 aliphatic heterocycles. The van der Waals surface area contributed by atoms with Crippen LogP contribution in [0.1, 0.15) is 44.4 Å². The molecule has 0 spiro atoms. The summed E-state index contributed by atoms with van der Waals surface area (Å²) in [7, 11) is 0. The van der Waals surface area contributed by atoms with Crippen LogP contribution in [0.4, 0.5) is 16.2 Å². The molecule has 9 heteroatoms. The largest absolute Gasteiger partial charge is 0.480 e. The van der Waals surface area contributed by atoms with Crippen molar-refractivity contribution >= 4 is 35.4 Å². The minimum Gasteiger partial charge on any atom is -0.480 e. The SMILES string of the molecule is CC(C)(C)OC(=O)Nc1ccccc1NC(=O)C=Cc1ccc(C(C(=O)O)N2CC[C@H](O)C2)cc1. The predicted molar refractivity (Wildman–Crippen MR) is 133 cm³/mol. The Labute approximate surface area is 204 Å². The Bertz CT molecular complexity index is 1090. The fourth-order valence-corrected chi connectivity index (χ4v) is 3.76. The quantitative estimate of drug-likeness (QED) is 0.442. The average Bonchev–Trinajstić information content (AvgIpc) is 3.18. The van der Waals surface area contributed by atoms with Gasteiger partial charge in [0, 0.05) is 19.2 Å². The van der Waals surface area contributed by atoms with Gasteiger partial charge in [0.25, 0.3) is 0 Å². The highest BCUT2D eigenvalue weighted by molar-refractivity contribution is 6.05. The van der Waals surface area contributed by atoms with Gasteiger partial charge in [-0.05, 0) is 56.5 Å². The summed E-state index contributed by atoms with van der Waals surface area (Å²) in [6.45, 7) is 6.12. The van der Waals surface area contributed by atoms with Crippen LogP contribution in [-0.4, -0.2) is 57.9 Å². The number of aliphatic hydroxyl groups excluding tert-OH is 1. The van der Waals surface area contributed by atoms with Gasteiger partial charge in [-0.25, -0.2) is 4.79 Å². The Morgan fingerprint density at radius 3 is 2.23 bits per heavy atom. The Morgan fingerprint density at radius 2 is 1.69 bits per heavy atom. The fourth-order valence-electron chi connectivity index (χ4n) is 3.76. The molecule has 1 heterocycles. The first-order valence-electron chi connectivity index (χ1n) is 11.3. The number of carbonyl (C=O) groups excluding carboxylic acids is 2. The molecule has 2 atom stereocenters. The summed E-state index contributed by atoms with van der Waals surface area (Å²) in [4.78, 5) is 38.1. The molecule has 3 rings (SSSR count). The van der Waals surface area contributed by atoms with Crippen LogP contribution in [-0.2, 0) is 14.3 Å². The van der Waals surface area contributed by atoms with Crippen molar-refractivity contribution in [2.75, 3.05) is 23.7 Å². The second-order valence-electron chi connectivity index (χ2n) is 9.34. The smallest absolute Gasteiger partial charge is 0.412 e. The second-order valence-corrected chi connectivity index (χ2v) is 9.34. The number of β-amino-alcohol motifs (C(OH)–C–C–N with tert-alkyl or cyclic N) is 1. The first-order valence-corrected chi connectivity index (χ1v) is 11.3. The number of amides is 2. The first kappa shape index (κ1) is 25.9. The number of rotatable bonds is 7. The van der Waals surface area contributed by atoms with E-state index < -0.39 is 35.7 Å². The van der Waals surface area contributed by atoms with Gasteiger partial charge < -0.3 is 20.3 Å². The molecular formula is C26H31N3O6. The number of hydrogen-bond acceptors (Lipinski definition) is 6. The van der Waals surface area contributed by atoms with E-state index in [4.69, 9.17) is 4.74 Å². The number of ether oxygens (including phenoxy) is 1. The van der Waals surface area contributed by atoms with Gasteiger partial charge in [-0.15, -0.1) is 0 Å². The number of carboxylic acid groups (broad SMARTS) is 1. The highest BCUT2D eigenvalue weighted by atomic mass is 16.6. The van der Waals surface area contributed by atoms with E-state index in [1.165, 1.54) is 6.08 Å². The normalized spacial score (nSPS) is 17.2. The minimum atomic E-state index is -0.972. The van der Waals surface area contributed by atoms with Crippen molar-refractivity contribution in [2.24, 2.45) is 0 Å². The molecule has 0 aliphatic carbocycles. The first-order chi connectivity index (χ1) is 16.5. The van der Waals surface area contributed by atoms with Crippen molar-refractivity contribution in [2.45, 2.75) is 44.9 Å². The highest BCUT2D eigenvalue weighted by Crippen LogP contribution is 2.26. The van der Waals surface area contributed by atoms with Crippen LogP contribution in [0.2, 0.25) is 0 Å². The van der Waals surface area contributed by atoms with E-state index in [1.54, 1.807) is 80.3 Å². The summed E-state index contributed by atoms with van der Waals surface area (Å²) in [5, 5.41) is 24.8. The summed E-state index contributed by atoms with van der Waals surface area (Å²) < 4.78 is 5.26. The van der Waals surface area contributed by atoms with Crippen LogP contribution in [0.15, 0.2) is 54.6 Å². The van der Waals surface area contributed by atoms with Gasteiger partial charge in [0.2, 0.25) is 5.91 Å². The molecule has 4 N–H and O–H groups in total. The van der Waals surface area contributed by atoms with Crippen LogP contribution in [0.5, 0.6) is 0 Å². The molecule has 0 aromatic heterocycles. The molecule has 1 fully saturated rings. The van der Waals surface area contributed by atoms with E-state index >= 15 is 0 Å². The fraction of sp³-hybridized carbons (Fsp3) is 0.346. The lowest BCUT2D eigenvalue weighted by molar-refractivity contribution is -0.143. The molecule has 2 aromatic carbocycles. The van der Waals surface area contributed by atoms with E-state index in [9.17, 15) is 24.6 Å². The average molecular weight is 482 g/mol. The van der Waals surface area contributed by atoms with Gasteiger partial charge in [-0.1, -0.05) is 36.4 Å². The zero-order valence-electron chi connectivity index (χ0n) is 20.0. The van der Waals surface area contributed by atoms with Gasteiger partial charge in [0.1, 0.15) is 11.6 Å². The Hall–Kier alpha value is -3.69. The molecule has 1 unspecified atom stereocenters. The molecule has 186 valence electrons. The van der Waals surface area contributed by atoms with Crippen molar-refractivity contribution in [1.29, 1.82) is 0 Å². The van der Waals surface area contributed by atoms with Crippen LogP contribution < -0.4 is 10.6 Å². The molecule has 0 bridgehead atoms. The number of aliphatic carboxylic acids is 1. The third-order valence-corrected chi connectivity index (χ3v) is 5.29. The van der Waals surface area contributed by atoms with E-state index in [-0.39, 0.29) is 0 Å². The van der Waals surface area contributed by atoms with Crippen LogP contribution in [0.3, 0.4) is 0 Å². The molecule has 0 saturated carbocycles.